The summed E-state index contributed by atoms with van der Waals surface area (Å²) in [4.78, 5) is 51.9. The van der Waals surface area contributed by atoms with Crippen LogP contribution >= 0.6 is 11.3 Å². The van der Waals surface area contributed by atoms with Crippen LogP contribution in [0.3, 0.4) is 0 Å². The number of aromatic nitrogens is 1. The zero-order chi connectivity index (χ0) is 30.6. The van der Waals surface area contributed by atoms with Gasteiger partial charge in [0.25, 0.3) is 0 Å². The van der Waals surface area contributed by atoms with Crippen molar-refractivity contribution in [3.05, 3.63) is 34.7 Å². The van der Waals surface area contributed by atoms with Gasteiger partial charge in [-0.3, -0.25) is 14.4 Å². The number of ketones is 1. The van der Waals surface area contributed by atoms with Gasteiger partial charge in [0.05, 0.1) is 17.7 Å². The van der Waals surface area contributed by atoms with Crippen molar-refractivity contribution in [1.29, 1.82) is 0 Å². The van der Waals surface area contributed by atoms with Gasteiger partial charge in [-0.25, -0.2) is 4.98 Å². The minimum absolute atomic E-state index is 0.0215. The lowest BCUT2D eigenvalue weighted by Crippen LogP contribution is -2.47. The Morgan fingerprint density at radius 2 is 1.83 bits per heavy atom. The molecule has 3 aliphatic rings. The summed E-state index contributed by atoms with van der Waals surface area (Å²) in [5.74, 6) is -1.46. The highest BCUT2D eigenvalue weighted by Crippen LogP contribution is 2.47. The topological polar surface area (TPSA) is 109 Å². The third kappa shape index (κ3) is 5.61. The fraction of sp³-hybridized carbons (Fsp3) is 0.625. The van der Waals surface area contributed by atoms with Crippen LogP contribution < -0.4 is 10.6 Å². The number of ether oxygens (including phenoxy) is 1. The number of fused-ring (bicyclic) bond motifs is 1. The van der Waals surface area contributed by atoms with Crippen LogP contribution in [0.5, 0.6) is 0 Å². The zero-order valence-electron chi connectivity index (χ0n) is 26.0. The lowest BCUT2D eigenvalue weighted by Gasteiger charge is -2.38. The number of hydrogen-bond acceptors (Lipinski definition) is 8. The molecule has 228 valence electrons. The number of likely N-dealkylation sites (tertiary alicyclic amines) is 1. The number of hydrogen-bond donors (Lipinski definition) is 1. The van der Waals surface area contributed by atoms with E-state index in [1.54, 1.807) is 22.3 Å². The molecule has 0 bridgehead atoms. The molecule has 5 rings (SSSR count). The molecular formula is C32H45N5O4S. The number of carbonyl (C=O) groups excluding carboxylic acids is 3. The van der Waals surface area contributed by atoms with Crippen LogP contribution in [0.2, 0.25) is 0 Å². The van der Waals surface area contributed by atoms with Gasteiger partial charge in [-0.1, -0.05) is 47.6 Å². The zero-order valence-corrected chi connectivity index (χ0v) is 26.8. The van der Waals surface area contributed by atoms with E-state index in [-0.39, 0.29) is 35.7 Å². The van der Waals surface area contributed by atoms with Crippen molar-refractivity contribution in [2.24, 2.45) is 22.5 Å². The fourth-order valence-corrected chi connectivity index (χ4v) is 7.52. The highest BCUT2D eigenvalue weighted by atomic mass is 32.1. The van der Waals surface area contributed by atoms with Crippen molar-refractivity contribution < 1.29 is 19.1 Å². The first-order valence-electron chi connectivity index (χ1n) is 15.0. The van der Waals surface area contributed by atoms with Crippen molar-refractivity contribution in [2.75, 3.05) is 51.3 Å². The smallest absolute Gasteiger partial charge is 0.249 e. The number of rotatable bonds is 7. The molecule has 2 N–H and O–H groups in total. The molecule has 0 saturated carbocycles. The lowest BCUT2D eigenvalue weighted by atomic mass is 9.70. The Balaban J connectivity index is 1.55. The van der Waals surface area contributed by atoms with Gasteiger partial charge in [0.1, 0.15) is 12.6 Å². The molecule has 1 aromatic carbocycles. The number of benzene rings is 1. The minimum Gasteiger partial charge on any atom is -0.367 e. The standard InChI is InChI=1S/C32H45N5O4S/c1-8-32(5,6)25(29(40)37-16-22(31(2,3)4)27-26(37)24(38)17-41-27)21-15-19(9-10-20(21)28(33)39)23-18-42-30(34-23)36-13-11-35(7)12-14-36/h9-10,15,18,22,25-27H,8,11-14,16-17H2,1-7H3,(H2,33,39)/t22-,25+,26-,27-/m1/s1. The largest absolute Gasteiger partial charge is 0.367 e. The lowest BCUT2D eigenvalue weighted by molar-refractivity contribution is -0.140. The van der Waals surface area contributed by atoms with E-state index in [1.807, 2.05) is 38.3 Å². The normalized spacial score (nSPS) is 24.3. The SMILES string of the molecule is CCC(C)(C)[C@H](C(=O)N1C[C@@H](C(C)(C)C)[C@H]2OCC(=O)[C@H]21)c1cc(-c2csc(N3CCN(C)CC3)n2)ccc1C(N)=O. The highest BCUT2D eigenvalue weighted by Gasteiger charge is 2.56. The van der Waals surface area contributed by atoms with E-state index < -0.39 is 23.3 Å². The van der Waals surface area contributed by atoms with E-state index in [0.29, 0.717) is 24.1 Å². The average molecular weight is 596 g/mol. The van der Waals surface area contributed by atoms with Crippen molar-refractivity contribution >= 4 is 34.1 Å². The molecule has 4 atom stereocenters. The van der Waals surface area contributed by atoms with Crippen LogP contribution in [0.4, 0.5) is 5.13 Å². The first kappa shape index (κ1) is 30.6. The molecule has 4 heterocycles. The average Bonchev–Trinajstić information content (AvgIpc) is 3.66. The van der Waals surface area contributed by atoms with E-state index in [1.165, 1.54) is 0 Å². The summed E-state index contributed by atoms with van der Waals surface area (Å²) < 4.78 is 5.97. The number of Topliss-reactive ketones (excluding diaryl/α,β-unsaturated/α-hetero) is 1. The van der Waals surface area contributed by atoms with Crippen molar-refractivity contribution in [3.8, 4) is 11.3 Å². The van der Waals surface area contributed by atoms with Crippen molar-refractivity contribution in [3.63, 3.8) is 0 Å². The van der Waals surface area contributed by atoms with Gasteiger partial charge in [0, 0.05) is 55.1 Å². The first-order valence-corrected chi connectivity index (χ1v) is 15.9. The molecule has 3 saturated heterocycles. The molecule has 0 spiro atoms. The van der Waals surface area contributed by atoms with E-state index in [9.17, 15) is 14.4 Å². The number of likely N-dealkylation sites (N-methyl/N-ethyl adjacent to an activating group) is 1. The number of piperazine rings is 1. The maximum atomic E-state index is 14.7. The third-order valence-corrected chi connectivity index (χ3v) is 10.6. The van der Waals surface area contributed by atoms with Crippen LogP contribution in [-0.2, 0) is 14.3 Å². The Kier molecular flexibility index (Phi) is 8.28. The molecular weight excluding hydrogens is 550 g/mol. The summed E-state index contributed by atoms with van der Waals surface area (Å²) in [6, 6.07) is 4.90. The number of nitrogens with two attached hydrogens (primary N) is 1. The molecule has 42 heavy (non-hydrogen) atoms. The summed E-state index contributed by atoms with van der Waals surface area (Å²) in [5.41, 5.74) is 7.80. The number of nitrogens with zero attached hydrogens (tertiary/aromatic N) is 4. The van der Waals surface area contributed by atoms with Gasteiger partial charge >= 0.3 is 0 Å². The van der Waals surface area contributed by atoms with E-state index in [0.717, 1.165) is 42.6 Å². The summed E-state index contributed by atoms with van der Waals surface area (Å²) in [6.07, 6.45) is 0.363. The van der Waals surface area contributed by atoms with Crippen LogP contribution in [0.15, 0.2) is 23.6 Å². The predicted octanol–water partition coefficient (Wildman–Crippen LogP) is 4.02. The number of amides is 2. The third-order valence-electron chi connectivity index (χ3n) is 9.71. The molecule has 0 aliphatic carbocycles. The minimum atomic E-state index is -0.687. The van der Waals surface area contributed by atoms with E-state index >= 15 is 0 Å². The van der Waals surface area contributed by atoms with Crippen molar-refractivity contribution in [2.45, 2.75) is 66.0 Å². The molecule has 0 unspecified atom stereocenters. The Morgan fingerprint density at radius 3 is 2.45 bits per heavy atom. The Bertz CT molecular complexity index is 1360. The van der Waals surface area contributed by atoms with E-state index in [4.69, 9.17) is 15.5 Å². The molecule has 10 heteroatoms. The molecule has 3 fully saturated rings. The molecule has 9 nitrogen and oxygen atoms in total. The van der Waals surface area contributed by atoms with Gasteiger partial charge in [0.15, 0.2) is 10.9 Å². The molecule has 2 aromatic rings. The number of primary amides is 1. The Hall–Kier alpha value is -2.82. The second-order valence-electron chi connectivity index (χ2n) is 13.9. The summed E-state index contributed by atoms with van der Waals surface area (Å²) in [5, 5.41) is 3.00. The van der Waals surface area contributed by atoms with Gasteiger partial charge in [-0.05, 0) is 42.0 Å². The molecule has 2 amide bonds. The van der Waals surface area contributed by atoms with Gasteiger partial charge in [-0.2, -0.15) is 0 Å². The van der Waals surface area contributed by atoms with Crippen LogP contribution in [-0.4, -0.2) is 90.9 Å². The molecule has 1 aromatic heterocycles. The van der Waals surface area contributed by atoms with Gasteiger partial charge < -0.3 is 25.2 Å². The quantitative estimate of drug-likeness (QED) is 0.515. The van der Waals surface area contributed by atoms with Gasteiger partial charge in [-0.15, -0.1) is 11.3 Å². The molecule has 3 aliphatic heterocycles. The summed E-state index contributed by atoms with van der Waals surface area (Å²) in [7, 11) is 2.13. The number of anilines is 1. The summed E-state index contributed by atoms with van der Waals surface area (Å²) in [6.45, 7) is 16.8. The van der Waals surface area contributed by atoms with Crippen LogP contribution in [0.1, 0.15) is 69.8 Å². The highest BCUT2D eigenvalue weighted by molar-refractivity contribution is 7.14. The second-order valence-corrected chi connectivity index (χ2v) is 14.7. The van der Waals surface area contributed by atoms with Crippen LogP contribution in [0, 0.1) is 16.7 Å². The maximum absolute atomic E-state index is 14.7. The number of carbonyl (C=O) groups is 3. The Morgan fingerprint density at radius 1 is 1.14 bits per heavy atom. The monoisotopic (exact) mass is 595 g/mol. The predicted molar refractivity (Wildman–Crippen MR) is 166 cm³/mol. The van der Waals surface area contributed by atoms with Crippen LogP contribution in [0.25, 0.3) is 11.3 Å². The maximum Gasteiger partial charge on any atom is 0.249 e. The summed E-state index contributed by atoms with van der Waals surface area (Å²) >= 11 is 1.60. The van der Waals surface area contributed by atoms with Gasteiger partial charge in [0.2, 0.25) is 11.8 Å². The molecule has 0 radical (unpaired) electrons. The Labute approximate surface area is 253 Å². The fourth-order valence-electron chi connectivity index (χ4n) is 6.63. The second kappa shape index (κ2) is 11.4. The van der Waals surface area contributed by atoms with Crippen molar-refractivity contribution in [1.82, 2.24) is 14.8 Å². The van der Waals surface area contributed by atoms with E-state index in [2.05, 4.69) is 37.6 Å². The number of thiazole rings is 1. The first-order chi connectivity index (χ1) is 19.7.